The average Bonchev–Trinajstić information content (AvgIpc) is 2.44. The fourth-order valence-electron chi connectivity index (χ4n) is 0.884. The summed E-state index contributed by atoms with van der Waals surface area (Å²) >= 11 is 0. The second-order valence-corrected chi connectivity index (χ2v) is 2.55. The van der Waals surface area contributed by atoms with Gasteiger partial charge in [0.1, 0.15) is 5.56 Å². The predicted octanol–water partition coefficient (Wildman–Crippen LogP) is 0.519. The third-order valence-electron chi connectivity index (χ3n) is 1.74. The molecule has 1 aromatic rings. The van der Waals surface area contributed by atoms with Crippen LogP contribution in [0.5, 0.6) is 0 Å². The van der Waals surface area contributed by atoms with E-state index < -0.39 is 5.97 Å². The van der Waals surface area contributed by atoms with Gasteiger partial charge in [0.25, 0.3) is 0 Å². The first-order valence-corrected chi connectivity index (χ1v) is 3.76. The first-order chi connectivity index (χ1) is 6.16. The van der Waals surface area contributed by atoms with Crippen molar-refractivity contribution in [2.75, 3.05) is 6.61 Å². The molecule has 0 N–H and O–H groups in total. The van der Waals surface area contributed by atoms with Gasteiger partial charge in [0.2, 0.25) is 0 Å². The Morgan fingerprint density at radius 2 is 2.54 bits per heavy atom. The number of hydrogen-bond donors (Lipinski definition) is 0. The third-order valence-corrected chi connectivity index (χ3v) is 1.74. The lowest BCUT2D eigenvalue weighted by molar-refractivity contribution is 0.0556. The Labute approximate surface area is 76.5 Å². The smallest absolute Gasteiger partial charge is 0.342 e. The highest BCUT2D eigenvalue weighted by Gasteiger charge is 2.13. The van der Waals surface area contributed by atoms with Crippen LogP contribution in [0.15, 0.2) is 6.20 Å². The second kappa shape index (κ2) is 3.76. The number of terminal acetylenes is 1. The molecular weight excluding hydrogens is 168 g/mol. The summed E-state index contributed by atoms with van der Waals surface area (Å²) in [4.78, 5) is 11.3. The van der Waals surface area contributed by atoms with Gasteiger partial charge in [0, 0.05) is 12.7 Å². The molecule has 0 saturated heterocycles. The Bertz CT molecular complexity index is 360. The molecule has 1 heterocycles. The number of carbonyl (C=O) groups excluding carboxylic acids is 1. The van der Waals surface area contributed by atoms with Gasteiger partial charge in [-0.2, -0.15) is 5.10 Å². The predicted molar refractivity (Wildman–Crippen MR) is 47.1 cm³/mol. The largest absolute Gasteiger partial charge is 0.449 e. The summed E-state index contributed by atoms with van der Waals surface area (Å²) in [5, 5.41) is 3.91. The zero-order chi connectivity index (χ0) is 9.84. The molecule has 0 saturated carbocycles. The summed E-state index contributed by atoms with van der Waals surface area (Å²) in [6, 6.07) is 0. The van der Waals surface area contributed by atoms with Crippen molar-refractivity contribution >= 4 is 5.97 Å². The van der Waals surface area contributed by atoms with E-state index in [4.69, 9.17) is 11.2 Å². The Morgan fingerprint density at radius 1 is 1.85 bits per heavy atom. The van der Waals surface area contributed by atoms with Crippen LogP contribution in [-0.4, -0.2) is 22.4 Å². The van der Waals surface area contributed by atoms with Gasteiger partial charge >= 0.3 is 5.97 Å². The average molecular weight is 178 g/mol. The van der Waals surface area contributed by atoms with Crippen LogP contribution in [0.25, 0.3) is 0 Å². The van der Waals surface area contributed by atoms with Crippen molar-refractivity contribution in [3.63, 3.8) is 0 Å². The van der Waals surface area contributed by atoms with Crippen LogP contribution in [0.4, 0.5) is 0 Å². The lowest BCUT2D eigenvalue weighted by Crippen LogP contribution is -2.06. The maximum Gasteiger partial charge on any atom is 0.342 e. The first-order valence-electron chi connectivity index (χ1n) is 3.76. The minimum Gasteiger partial charge on any atom is -0.449 e. The molecule has 0 aromatic carbocycles. The molecule has 0 radical (unpaired) electrons. The fourth-order valence-corrected chi connectivity index (χ4v) is 0.884. The highest BCUT2D eigenvalue weighted by atomic mass is 16.5. The van der Waals surface area contributed by atoms with Gasteiger partial charge in [-0.05, 0) is 6.92 Å². The number of rotatable bonds is 2. The summed E-state index contributed by atoms with van der Waals surface area (Å²) in [5.41, 5.74) is 1.22. The van der Waals surface area contributed by atoms with Crippen LogP contribution in [0.2, 0.25) is 0 Å². The topological polar surface area (TPSA) is 44.1 Å². The minimum absolute atomic E-state index is 0.00678. The zero-order valence-electron chi connectivity index (χ0n) is 7.57. The van der Waals surface area contributed by atoms with Gasteiger partial charge in [0.15, 0.2) is 6.61 Å². The van der Waals surface area contributed by atoms with E-state index in [1.165, 1.54) is 6.20 Å². The molecule has 0 atom stereocenters. The van der Waals surface area contributed by atoms with Crippen molar-refractivity contribution in [1.82, 2.24) is 9.78 Å². The molecule has 0 aliphatic heterocycles. The number of hydrogen-bond acceptors (Lipinski definition) is 3. The summed E-state index contributed by atoms with van der Waals surface area (Å²) < 4.78 is 6.35. The summed E-state index contributed by atoms with van der Waals surface area (Å²) in [7, 11) is 1.76. The molecule has 4 nitrogen and oxygen atoms in total. The maximum absolute atomic E-state index is 11.3. The Morgan fingerprint density at radius 3 is 3.00 bits per heavy atom. The van der Waals surface area contributed by atoms with Crippen LogP contribution in [0.3, 0.4) is 0 Å². The standard InChI is InChI=1S/C9H10N2O2/c1-4-5-13-9(12)8-6-10-11(3)7(8)2/h1,6H,5H2,2-3H3. The summed E-state index contributed by atoms with van der Waals surface area (Å²) in [6.45, 7) is 1.78. The van der Waals surface area contributed by atoms with Gasteiger partial charge < -0.3 is 4.74 Å². The lowest BCUT2D eigenvalue weighted by atomic mass is 10.3. The first kappa shape index (κ1) is 9.33. The second-order valence-electron chi connectivity index (χ2n) is 2.55. The molecule has 0 amide bonds. The van der Waals surface area contributed by atoms with Crippen molar-refractivity contribution < 1.29 is 9.53 Å². The van der Waals surface area contributed by atoms with Gasteiger partial charge in [-0.1, -0.05) is 5.92 Å². The SMILES string of the molecule is C#CCOC(=O)c1cnn(C)c1C. The Kier molecular flexibility index (Phi) is 2.70. The lowest BCUT2D eigenvalue weighted by Gasteiger charge is -1.99. The van der Waals surface area contributed by atoms with E-state index >= 15 is 0 Å². The number of carbonyl (C=O) groups is 1. The minimum atomic E-state index is -0.427. The van der Waals surface area contributed by atoms with Crippen molar-refractivity contribution in [3.05, 3.63) is 17.5 Å². The Balaban J connectivity index is 2.78. The van der Waals surface area contributed by atoms with Crippen LogP contribution < -0.4 is 0 Å². The molecule has 13 heavy (non-hydrogen) atoms. The molecule has 1 aromatic heterocycles. The molecule has 0 aliphatic carbocycles. The molecule has 1 rings (SSSR count). The quantitative estimate of drug-likeness (QED) is 0.490. The van der Waals surface area contributed by atoms with Gasteiger partial charge in [-0.3, -0.25) is 4.68 Å². The molecule has 4 heteroatoms. The highest BCUT2D eigenvalue weighted by molar-refractivity contribution is 5.90. The molecule has 0 bridgehead atoms. The molecular formula is C9H10N2O2. The number of nitrogens with zero attached hydrogens (tertiary/aromatic N) is 2. The summed E-state index contributed by atoms with van der Waals surface area (Å²) in [6.07, 6.45) is 6.42. The van der Waals surface area contributed by atoms with Crippen LogP contribution in [0.1, 0.15) is 16.1 Å². The van der Waals surface area contributed by atoms with Crippen molar-refractivity contribution in [3.8, 4) is 12.3 Å². The molecule has 0 unspecified atom stereocenters. The molecule has 0 aliphatic rings. The van der Waals surface area contributed by atoms with Crippen molar-refractivity contribution in [2.24, 2.45) is 7.05 Å². The van der Waals surface area contributed by atoms with Gasteiger partial charge in [-0.15, -0.1) is 6.42 Å². The maximum atomic E-state index is 11.3. The van der Waals surface area contributed by atoms with Crippen LogP contribution >= 0.6 is 0 Å². The fraction of sp³-hybridized carbons (Fsp3) is 0.333. The monoisotopic (exact) mass is 178 g/mol. The highest BCUT2D eigenvalue weighted by Crippen LogP contribution is 2.06. The number of aromatic nitrogens is 2. The van der Waals surface area contributed by atoms with E-state index in [1.54, 1.807) is 18.7 Å². The van der Waals surface area contributed by atoms with E-state index in [0.29, 0.717) is 5.56 Å². The van der Waals surface area contributed by atoms with Crippen molar-refractivity contribution in [1.29, 1.82) is 0 Å². The number of esters is 1. The molecule has 0 fully saturated rings. The van der Waals surface area contributed by atoms with Crippen LogP contribution in [0, 0.1) is 19.3 Å². The Hall–Kier alpha value is -1.76. The number of ether oxygens (including phenoxy) is 1. The number of aryl methyl sites for hydroxylation is 1. The third kappa shape index (κ3) is 1.88. The van der Waals surface area contributed by atoms with Crippen molar-refractivity contribution in [2.45, 2.75) is 6.92 Å². The van der Waals surface area contributed by atoms with E-state index in [1.807, 2.05) is 0 Å². The van der Waals surface area contributed by atoms with E-state index in [9.17, 15) is 4.79 Å². The normalized spacial score (nSPS) is 9.31. The van der Waals surface area contributed by atoms with E-state index in [2.05, 4.69) is 11.0 Å². The molecule has 68 valence electrons. The van der Waals surface area contributed by atoms with E-state index in [-0.39, 0.29) is 6.61 Å². The van der Waals surface area contributed by atoms with Gasteiger partial charge in [0.05, 0.1) is 6.20 Å². The van der Waals surface area contributed by atoms with Gasteiger partial charge in [-0.25, -0.2) is 4.79 Å². The van der Waals surface area contributed by atoms with E-state index in [0.717, 1.165) is 5.69 Å². The zero-order valence-corrected chi connectivity index (χ0v) is 7.57. The summed E-state index contributed by atoms with van der Waals surface area (Å²) in [5.74, 6) is 1.80. The van der Waals surface area contributed by atoms with Crippen LogP contribution in [-0.2, 0) is 11.8 Å². The molecule has 0 spiro atoms.